The van der Waals surface area contributed by atoms with Gasteiger partial charge in [0.1, 0.15) is 29.3 Å². The molecule has 0 aliphatic heterocycles. The summed E-state index contributed by atoms with van der Waals surface area (Å²) in [5, 5.41) is 6.09. The lowest BCUT2D eigenvalue weighted by Gasteiger charge is -2.13. The van der Waals surface area contributed by atoms with Crippen molar-refractivity contribution in [3.63, 3.8) is 0 Å². The molecular formula is C16H17ClN4O3. The van der Waals surface area contributed by atoms with E-state index in [-0.39, 0.29) is 5.69 Å². The first-order valence-electron chi connectivity index (χ1n) is 6.98. The molecule has 1 amide bonds. The van der Waals surface area contributed by atoms with E-state index < -0.39 is 5.91 Å². The van der Waals surface area contributed by atoms with Crippen molar-refractivity contribution < 1.29 is 14.3 Å². The topological polar surface area (TPSA) is 85.4 Å². The number of methoxy groups -OCH3 is 2. The molecule has 0 atom stereocenters. The number of aromatic nitrogens is 2. The number of rotatable bonds is 7. The van der Waals surface area contributed by atoms with Crippen molar-refractivity contribution in [3.8, 4) is 11.5 Å². The minimum Gasteiger partial charge on any atom is -0.495 e. The molecule has 0 aliphatic carbocycles. The van der Waals surface area contributed by atoms with Crippen LogP contribution in [0.15, 0.2) is 37.2 Å². The molecule has 0 radical (unpaired) electrons. The molecule has 1 aromatic carbocycles. The van der Waals surface area contributed by atoms with Crippen LogP contribution in [0.3, 0.4) is 0 Å². The highest BCUT2D eigenvalue weighted by molar-refractivity contribution is 6.32. The van der Waals surface area contributed by atoms with Crippen LogP contribution in [0, 0.1) is 0 Å². The van der Waals surface area contributed by atoms with Crippen LogP contribution in [0.4, 0.5) is 11.5 Å². The Labute approximate surface area is 144 Å². The average molecular weight is 349 g/mol. The predicted molar refractivity (Wildman–Crippen MR) is 93.2 cm³/mol. The van der Waals surface area contributed by atoms with Crippen molar-refractivity contribution in [2.24, 2.45) is 0 Å². The number of anilines is 2. The fourth-order valence-electron chi connectivity index (χ4n) is 1.90. The Kier molecular flexibility index (Phi) is 5.97. The van der Waals surface area contributed by atoms with E-state index in [1.807, 2.05) is 0 Å². The van der Waals surface area contributed by atoms with E-state index in [9.17, 15) is 4.79 Å². The molecule has 0 unspecified atom stereocenters. The first-order chi connectivity index (χ1) is 11.6. The fraction of sp³-hybridized carbons (Fsp3) is 0.188. The van der Waals surface area contributed by atoms with Crippen molar-refractivity contribution in [1.29, 1.82) is 0 Å². The maximum atomic E-state index is 12.4. The largest absolute Gasteiger partial charge is 0.495 e. The molecule has 8 heteroatoms. The quantitative estimate of drug-likeness (QED) is 0.748. The number of nitrogens with one attached hydrogen (secondary N) is 2. The van der Waals surface area contributed by atoms with Gasteiger partial charge in [0.25, 0.3) is 5.91 Å². The number of hydrogen-bond donors (Lipinski definition) is 2. The van der Waals surface area contributed by atoms with E-state index in [4.69, 9.17) is 21.1 Å². The fourth-order valence-corrected chi connectivity index (χ4v) is 2.13. The average Bonchev–Trinajstić information content (AvgIpc) is 2.61. The first kappa shape index (κ1) is 17.6. The Morgan fingerprint density at radius 2 is 2.00 bits per heavy atom. The van der Waals surface area contributed by atoms with E-state index in [1.165, 1.54) is 20.5 Å². The van der Waals surface area contributed by atoms with Crippen LogP contribution in [0.2, 0.25) is 5.02 Å². The Hall–Kier alpha value is -2.80. The SMILES string of the molecule is C=CCNc1cc(C(=O)Nc2cc(OC)c(Cl)cc2OC)ncn1. The highest BCUT2D eigenvalue weighted by Crippen LogP contribution is 2.36. The molecule has 2 rings (SSSR count). The van der Waals surface area contributed by atoms with Gasteiger partial charge in [-0.05, 0) is 0 Å². The summed E-state index contributed by atoms with van der Waals surface area (Å²) in [6.07, 6.45) is 2.99. The zero-order valence-electron chi connectivity index (χ0n) is 13.3. The Balaban J connectivity index is 2.24. The molecule has 0 saturated heterocycles. The monoisotopic (exact) mass is 348 g/mol. The second kappa shape index (κ2) is 8.16. The molecule has 2 aromatic rings. The number of halogens is 1. The summed E-state index contributed by atoms with van der Waals surface area (Å²) in [5.74, 6) is 0.939. The molecule has 0 spiro atoms. The normalized spacial score (nSPS) is 9.96. The molecule has 1 aromatic heterocycles. The minimum atomic E-state index is -0.415. The van der Waals surface area contributed by atoms with Crippen LogP contribution in [0.5, 0.6) is 11.5 Å². The summed E-state index contributed by atoms with van der Waals surface area (Å²) in [7, 11) is 2.97. The van der Waals surface area contributed by atoms with Gasteiger partial charge in [0.15, 0.2) is 0 Å². The predicted octanol–water partition coefficient (Wildman–Crippen LogP) is 3.00. The zero-order chi connectivity index (χ0) is 17.5. The van der Waals surface area contributed by atoms with Gasteiger partial charge in [-0.1, -0.05) is 17.7 Å². The summed E-state index contributed by atoms with van der Waals surface area (Å²) in [6, 6.07) is 4.68. The Bertz CT molecular complexity index is 752. The van der Waals surface area contributed by atoms with E-state index in [0.29, 0.717) is 34.6 Å². The molecule has 7 nitrogen and oxygen atoms in total. The number of nitrogens with zero attached hydrogens (tertiary/aromatic N) is 2. The number of ether oxygens (including phenoxy) is 2. The molecule has 2 N–H and O–H groups in total. The van der Waals surface area contributed by atoms with E-state index >= 15 is 0 Å². The van der Waals surface area contributed by atoms with Crippen LogP contribution >= 0.6 is 11.6 Å². The van der Waals surface area contributed by atoms with Crippen molar-refractivity contribution in [2.45, 2.75) is 0 Å². The minimum absolute atomic E-state index is 0.201. The van der Waals surface area contributed by atoms with Crippen LogP contribution in [-0.4, -0.2) is 36.6 Å². The highest BCUT2D eigenvalue weighted by Gasteiger charge is 2.15. The van der Waals surface area contributed by atoms with Crippen LogP contribution < -0.4 is 20.1 Å². The molecule has 0 aliphatic rings. The van der Waals surface area contributed by atoms with Gasteiger partial charge in [0.05, 0.1) is 24.9 Å². The molecular weight excluding hydrogens is 332 g/mol. The Morgan fingerprint density at radius 3 is 2.67 bits per heavy atom. The van der Waals surface area contributed by atoms with Crippen LogP contribution in [0.25, 0.3) is 0 Å². The second-order valence-electron chi connectivity index (χ2n) is 4.60. The van der Waals surface area contributed by atoms with Crippen molar-refractivity contribution in [2.75, 3.05) is 31.4 Å². The standard InChI is InChI=1S/C16H17ClN4O3/c1-4-5-18-15-8-12(19-9-20-15)16(22)21-11-7-13(23-2)10(17)6-14(11)24-3/h4,6-9H,1,5H2,2-3H3,(H,21,22)(H,18,19,20). The van der Waals surface area contributed by atoms with E-state index in [1.54, 1.807) is 24.3 Å². The van der Waals surface area contributed by atoms with Crippen LogP contribution in [0.1, 0.15) is 10.5 Å². The lowest BCUT2D eigenvalue weighted by atomic mass is 10.2. The number of carbonyl (C=O) groups excluding carboxylic acids is 1. The van der Waals surface area contributed by atoms with Gasteiger partial charge < -0.3 is 20.1 Å². The zero-order valence-corrected chi connectivity index (χ0v) is 14.1. The second-order valence-corrected chi connectivity index (χ2v) is 5.01. The van der Waals surface area contributed by atoms with Gasteiger partial charge in [-0.3, -0.25) is 4.79 Å². The Morgan fingerprint density at radius 1 is 1.25 bits per heavy atom. The smallest absolute Gasteiger partial charge is 0.274 e. The molecule has 0 saturated carbocycles. The molecule has 1 heterocycles. The maximum Gasteiger partial charge on any atom is 0.274 e. The molecule has 0 bridgehead atoms. The van der Waals surface area contributed by atoms with E-state index in [2.05, 4.69) is 27.2 Å². The third kappa shape index (κ3) is 4.14. The van der Waals surface area contributed by atoms with Gasteiger partial charge in [-0.2, -0.15) is 0 Å². The molecule has 126 valence electrons. The number of hydrogen-bond acceptors (Lipinski definition) is 6. The van der Waals surface area contributed by atoms with Crippen molar-refractivity contribution in [1.82, 2.24) is 9.97 Å². The third-order valence-electron chi connectivity index (χ3n) is 3.05. The number of benzene rings is 1. The van der Waals surface area contributed by atoms with E-state index in [0.717, 1.165) is 0 Å². The van der Waals surface area contributed by atoms with Gasteiger partial charge >= 0.3 is 0 Å². The maximum absolute atomic E-state index is 12.4. The lowest BCUT2D eigenvalue weighted by Crippen LogP contribution is -2.15. The summed E-state index contributed by atoms with van der Waals surface area (Å²) < 4.78 is 10.4. The first-order valence-corrected chi connectivity index (χ1v) is 7.36. The number of amides is 1. The van der Waals surface area contributed by atoms with Gasteiger partial charge in [0.2, 0.25) is 0 Å². The summed E-state index contributed by atoms with van der Waals surface area (Å²) in [6.45, 7) is 4.14. The van der Waals surface area contributed by atoms with Gasteiger partial charge in [0, 0.05) is 24.7 Å². The van der Waals surface area contributed by atoms with Gasteiger partial charge in [-0.15, -0.1) is 6.58 Å². The summed E-state index contributed by atoms with van der Waals surface area (Å²) in [5.41, 5.74) is 0.621. The highest BCUT2D eigenvalue weighted by atomic mass is 35.5. The van der Waals surface area contributed by atoms with Crippen molar-refractivity contribution in [3.05, 3.63) is 47.9 Å². The summed E-state index contributed by atoms with van der Waals surface area (Å²) in [4.78, 5) is 20.4. The van der Waals surface area contributed by atoms with Gasteiger partial charge in [-0.25, -0.2) is 9.97 Å². The molecule has 24 heavy (non-hydrogen) atoms. The molecule has 0 fully saturated rings. The summed E-state index contributed by atoms with van der Waals surface area (Å²) >= 11 is 6.05. The third-order valence-corrected chi connectivity index (χ3v) is 3.34. The lowest BCUT2D eigenvalue weighted by molar-refractivity contribution is 0.102. The number of carbonyl (C=O) groups is 1. The van der Waals surface area contributed by atoms with Crippen LogP contribution in [-0.2, 0) is 0 Å². The van der Waals surface area contributed by atoms with Crippen molar-refractivity contribution >= 4 is 29.0 Å².